The van der Waals surface area contributed by atoms with Crippen molar-refractivity contribution in [3.05, 3.63) is 64.5 Å². The SMILES string of the molecule is O=C(Nc1ccc2ccc(Br)nc2n1)c1ccc(F)cc1. The molecule has 1 aromatic carbocycles. The molecule has 3 rings (SSSR count). The number of anilines is 1. The van der Waals surface area contributed by atoms with Crippen molar-refractivity contribution in [3.8, 4) is 0 Å². The Hall–Kier alpha value is -2.34. The quantitative estimate of drug-likeness (QED) is 0.719. The summed E-state index contributed by atoms with van der Waals surface area (Å²) in [5.74, 6) is -0.344. The van der Waals surface area contributed by atoms with Crippen molar-refractivity contribution in [1.82, 2.24) is 9.97 Å². The second kappa shape index (κ2) is 5.57. The summed E-state index contributed by atoms with van der Waals surface area (Å²) in [6, 6.07) is 12.5. The van der Waals surface area contributed by atoms with Crippen LogP contribution in [0.1, 0.15) is 10.4 Å². The fraction of sp³-hybridized carbons (Fsp3) is 0. The molecule has 0 aliphatic rings. The first kappa shape index (κ1) is 13.6. The van der Waals surface area contributed by atoms with E-state index in [0.29, 0.717) is 21.6 Å². The predicted octanol–water partition coefficient (Wildman–Crippen LogP) is 3.78. The summed E-state index contributed by atoms with van der Waals surface area (Å²) in [6.07, 6.45) is 0. The van der Waals surface area contributed by atoms with Gasteiger partial charge in [-0.25, -0.2) is 14.4 Å². The van der Waals surface area contributed by atoms with Gasteiger partial charge in [-0.3, -0.25) is 4.79 Å². The lowest BCUT2D eigenvalue weighted by molar-refractivity contribution is 0.102. The zero-order valence-corrected chi connectivity index (χ0v) is 12.3. The highest BCUT2D eigenvalue weighted by Crippen LogP contribution is 2.17. The molecule has 1 N–H and O–H groups in total. The van der Waals surface area contributed by atoms with Crippen molar-refractivity contribution in [1.29, 1.82) is 0 Å². The van der Waals surface area contributed by atoms with Crippen LogP contribution in [0.3, 0.4) is 0 Å². The molecule has 0 saturated heterocycles. The van der Waals surface area contributed by atoms with Gasteiger partial charge in [-0.15, -0.1) is 0 Å². The van der Waals surface area contributed by atoms with Gasteiger partial charge in [0.2, 0.25) is 0 Å². The van der Waals surface area contributed by atoms with Gasteiger partial charge in [0.25, 0.3) is 5.91 Å². The number of amides is 1. The van der Waals surface area contributed by atoms with E-state index in [0.717, 1.165) is 5.39 Å². The number of carbonyl (C=O) groups excluding carboxylic acids is 1. The number of halogens is 2. The van der Waals surface area contributed by atoms with Gasteiger partial charge >= 0.3 is 0 Å². The van der Waals surface area contributed by atoms with Crippen molar-refractivity contribution in [2.75, 3.05) is 5.32 Å². The molecule has 2 heterocycles. The summed E-state index contributed by atoms with van der Waals surface area (Å²) in [6.45, 7) is 0. The van der Waals surface area contributed by atoms with E-state index in [9.17, 15) is 9.18 Å². The van der Waals surface area contributed by atoms with Crippen LogP contribution >= 0.6 is 15.9 Å². The zero-order valence-electron chi connectivity index (χ0n) is 10.7. The number of rotatable bonds is 2. The third kappa shape index (κ3) is 3.05. The highest BCUT2D eigenvalue weighted by atomic mass is 79.9. The van der Waals surface area contributed by atoms with Crippen molar-refractivity contribution >= 4 is 38.7 Å². The maximum Gasteiger partial charge on any atom is 0.256 e. The number of nitrogens with one attached hydrogen (secondary N) is 1. The highest BCUT2D eigenvalue weighted by Gasteiger charge is 2.08. The lowest BCUT2D eigenvalue weighted by Crippen LogP contribution is -2.13. The molecular formula is C15H9BrFN3O. The van der Waals surface area contributed by atoms with E-state index < -0.39 is 0 Å². The van der Waals surface area contributed by atoms with E-state index in [1.165, 1.54) is 24.3 Å². The lowest BCUT2D eigenvalue weighted by Gasteiger charge is -2.05. The van der Waals surface area contributed by atoms with Crippen LogP contribution in [0.4, 0.5) is 10.2 Å². The number of fused-ring (bicyclic) bond motifs is 1. The Morgan fingerprint density at radius 3 is 2.48 bits per heavy atom. The van der Waals surface area contributed by atoms with Crippen LogP contribution in [0.2, 0.25) is 0 Å². The molecule has 6 heteroatoms. The van der Waals surface area contributed by atoms with E-state index in [-0.39, 0.29) is 11.7 Å². The Labute approximate surface area is 128 Å². The number of pyridine rings is 2. The minimum atomic E-state index is -0.385. The van der Waals surface area contributed by atoms with Crippen molar-refractivity contribution in [3.63, 3.8) is 0 Å². The Morgan fingerprint density at radius 1 is 1.00 bits per heavy atom. The molecule has 0 aliphatic heterocycles. The van der Waals surface area contributed by atoms with E-state index in [4.69, 9.17) is 0 Å². The summed E-state index contributed by atoms with van der Waals surface area (Å²) >= 11 is 3.28. The van der Waals surface area contributed by atoms with Crippen molar-refractivity contribution < 1.29 is 9.18 Å². The van der Waals surface area contributed by atoms with Crippen LogP contribution in [0.15, 0.2) is 53.1 Å². The topological polar surface area (TPSA) is 54.9 Å². The van der Waals surface area contributed by atoms with E-state index in [2.05, 4.69) is 31.2 Å². The molecule has 104 valence electrons. The van der Waals surface area contributed by atoms with Crippen LogP contribution in [0.5, 0.6) is 0 Å². The second-order valence-corrected chi connectivity index (χ2v) is 5.15. The smallest absolute Gasteiger partial charge is 0.256 e. The van der Waals surface area contributed by atoms with Gasteiger partial charge in [0, 0.05) is 10.9 Å². The maximum atomic E-state index is 12.8. The first-order chi connectivity index (χ1) is 10.1. The molecule has 21 heavy (non-hydrogen) atoms. The molecule has 4 nitrogen and oxygen atoms in total. The largest absolute Gasteiger partial charge is 0.306 e. The van der Waals surface area contributed by atoms with E-state index in [1.807, 2.05) is 18.2 Å². The van der Waals surface area contributed by atoms with Gasteiger partial charge in [0.1, 0.15) is 16.2 Å². The number of benzene rings is 1. The molecule has 0 atom stereocenters. The molecule has 0 aliphatic carbocycles. The average Bonchev–Trinajstić information content (AvgIpc) is 2.47. The fourth-order valence-corrected chi connectivity index (χ4v) is 2.14. The number of hydrogen-bond acceptors (Lipinski definition) is 3. The molecule has 0 radical (unpaired) electrons. The van der Waals surface area contributed by atoms with Crippen LogP contribution in [0.25, 0.3) is 11.0 Å². The van der Waals surface area contributed by atoms with Crippen LogP contribution in [0, 0.1) is 5.82 Å². The maximum absolute atomic E-state index is 12.8. The third-order valence-corrected chi connectivity index (χ3v) is 3.31. The number of carbonyl (C=O) groups is 1. The monoisotopic (exact) mass is 345 g/mol. The predicted molar refractivity (Wildman–Crippen MR) is 81.6 cm³/mol. The minimum absolute atomic E-state index is 0.350. The second-order valence-electron chi connectivity index (χ2n) is 4.34. The van der Waals surface area contributed by atoms with Crippen molar-refractivity contribution in [2.45, 2.75) is 0 Å². The van der Waals surface area contributed by atoms with E-state index in [1.54, 1.807) is 6.07 Å². The normalized spacial score (nSPS) is 10.6. The summed E-state index contributed by atoms with van der Waals surface area (Å²) in [5.41, 5.74) is 0.891. The number of aromatic nitrogens is 2. The van der Waals surface area contributed by atoms with Gasteiger partial charge in [0.05, 0.1) is 0 Å². The van der Waals surface area contributed by atoms with E-state index >= 15 is 0 Å². The number of nitrogens with zero attached hydrogens (tertiary/aromatic N) is 2. The van der Waals surface area contributed by atoms with Gasteiger partial charge in [0.15, 0.2) is 5.65 Å². The summed E-state index contributed by atoms with van der Waals surface area (Å²) in [4.78, 5) is 20.5. The molecule has 2 aromatic heterocycles. The van der Waals surface area contributed by atoms with Crippen LogP contribution in [-0.4, -0.2) is 15.9 Å². The molecule has 3 aromatic rings. The Morgan fingerprint density at radius 2 is 1.71 bits per heavy atom. The average molecular weight is 346 g/mol. The summed E-state index contributed by atoms with van der Waals surface area (Å²) in [7, 11) is 0. The molecule has 0 spiro atoms. The first-order valence-corrected chi connectivity index (χ1v) is 6.91. The molecule has 1 amide bonds. The minimum Gasteiger partial charge on any atom is -0.306 e. The molecule has 0 unspecified atom stereocenters. The highest BCUT2D eigenvalue weighted by molar-refractivity contribution is 9.10. The molecule has 0 bridgehead atoms. The van der Waals surface area contributed by atoms with Gasteiger partial charge in [-0.1, -0.05) is 0 Å². The Bertz CT molecular complexity index is 821. The number of hydrogen-bond donors (Lipinski definition) is 1. The molecular weight excluding hydrogens is 337 g/mol. The molecule has 0 fully saturated rings. The Kier molecular flexibility index (Phi) is 3.62. The van der Waals surface area contributed by atoms with Gasteiger partial charge in [-0.05, 0) is 64.5 Å². The summed E-state index contributed by atoms with van der Waals surface area (Å²) in [5, 5.41) is 3.53. The van der Waals surface area contributed by atoms with Gasteiger partial charge in [-0.2, -0.15) is 0 Å². The first-order valence-electron chi connectivity index (χ1n) is 6.12. The van der Waals surface area contributed by atoms with Crippen LogP contribution in [-0.2, 0) is 0 Å². The standard InChI is InChI=1S/C15H9BrFN3O/c16-12-7-3-9-4-8-13(19-14(9)18-12)20-15(21)10-1-5-11(17)6-2-10/h1-8H,(H,18,19,20,21). The van der Waals surface area contributed by atoms with Gasteiger partial charge < -0.3 is 5.32 Å². The van der Waals surface area contributed by atoms with Crippen LogP contribution < -0.4 is 5.32 Å². The molecule has 0 saturated carbocycles. The third-order valence-electron chi connectivity index (χ3n) is 2.87. The van der Waals surface area contributed by atoms with Crippen molar-refractivity contribution in [2.24, 2.45) is 0 Å². The zero-order chi connectivity index (χ0) is 14.8. The summed E-state index contributed by atoms with van der Waals surface area (Å²) < 4.78 is 13.5. The lowest BCUT2D eigenvalue weighted by atomic mass is 10.2. The Balaban J connectivity index is 1.87. The fourth-order valence-electron chi connectivity index (χ4n) is 1.84.